The smallest absolute Gasteiger partial charge is 0.338 e. The Morgan fingerprint density at radius 3 is 1.50 bits per heavy atom. The predicted octanol–water partition coefficient (Wildman–Crippen LogP) is 4.41. The predicted molar refractivity (Wildman–Crippen MR) is 194 cm³/mol. The summed E-state index contributed by atoms with van der Waals surface area (Å²) in [6, 6.07) is 23.6. The van der Waals surface area contributed by atoms with Gasteiger partial charge in [0.25, 0.3) is 0 Å². The number of esters is 6. The van der Waals surface area contributed by atoms with Crippen LogP contribution in [0.15, 0.2) is 91.0 Å². The third-order valence-corrected chi connectivity index (χ3v) is 10.9. The molecule has 0 amide bonds. The van der Waals surface area contributed by atoms with Crippen molar-refractivity contribution in [1.29, 1.82) is 0 Å². The zero-order chi connectivity index (χ0) is 40.6. The van der Waals surface area contributed by atoms with Crippen molar-refractivity contribution in [3.63, 3.8) is 0 Å². The fraction of sp³-hybridized carbons (Fsp3) is 0.429. The number of rotatable bonds is 10. The molecule has 3 aliphatic rings. The Morgan fingerprint density at radius 1 is 0.607 bits per heavy atom. The highest BCUT2D eigenvalue weighted by Crippen LogP contribution is 2.69. The molecule has 1 spiro atoms. The molecule has 6 rings (SSSR count). The van der Waals surface area contributed by atoms with Gasteiger partial charge in [-0.15, -0.1) is 0 Å². The standard InChI is InChI=1S/C42H44O14/c1-24(43)50-23-41-33(54-37(47)28-18-12-8-13-19-28)30(51-25(2)44)22-40(6,49)42(41)34(52-26(3)45)31(39(4,5)56-42)32(53-36(46)27-16-10-7-11-17-27)35(41)55-38(48)29-20-14-9-15-21-29/h7-21,30-35,49H,22-23H2,1-6H3/t30-,31+,32+,33-,34+,35+,40-,41-,42-/m0/s1. The molecule has 0 aromatic heterocycles. The van der Waals surface area contributed by atoms with E-state index in [1.807, 2.05) is 0 Å². The molecule has 1 N–H and O–H groups in total. The topological polar surface area (TPSA) is 187 Å². The number of ether oxygens (including phenoxy) is 7. The van der Waals surface area contributed by atoms with E-state index < -0.39 is 107 Å². The van der Waals surface area contributed by atoms with E-state index >= 15 is 0 Å². The second-order valence-electron chi connectivity index (χ2n) is 15.1. The van der Waals surface area contributed by atoms with Gasteiger partial charge < -0.3 is 38.3 Å². The third-order valence-electron chi connectivity index (χ3n) is 10.9. The van der Waals surface area contributed by atoms with Gasteiger partial charge >= 0.3 is 35.8 Å². The molecule has 3 aromatic rings. The summed E-state index contributed by atoms with van der Waals surface area (Å²) in [6.07, 6.45) is -8.85. The van der Waals surface area contributed by atoms with Crippen LogP contribution in [0, 0.1) is 11.3 Å². The molecule has 1 aliphatic heterocycles. The second-order valence-corrected chi connectivity index (χ2v) is 15.1. The largest absolute Gasteiger partial charge is 0.465 e. The molecule has 1 saturated heterocycles. The molecule has 14 nitrogen and oxygen atoms in total. The number of carbonyl (C=O) groups is 6. The molecule has 3 fully saturated rings. The monoisotopic (exact) mass is 772 g/mol. The van der Waals surface area contributed by atoms with Gasteiger partial charge in [0.2, 0.25) is 0 Å². The van der Waals surface area contributed by atoms with Crippen molar-refractivity contribution in [3.05, 3.63) is 108 Å². The van der Waals surface area contributed by atoms with E-state index in [4.69, 9.17) is 33.2 Å². The molecular weight excluding hydrogens is 728 g/mol. The summed E-state index contributed by atoms with van der Waals surface area (Å²) >= 11 is 0. The minimum absolute atomic E-state index is 0.0592. The van der Waals surface area contributed by atoms with Crippen LogP contribution in [-0.2, 0) is 47.5 Å². The van der Waals surface area contributed by atoms with Gasteiger partial charge in [0.1, 0.15) is 30.3 Å². The lowest BCUT2D eigenvalue weighted by Gasteiger charge is -2.66. The van der Waals surface area contributed by atoms with Crippen molar-refractivity contribution in [2.24, 2.45) is 11.3 Å². The first kappa shape index (κ1) is 40.1. The van der Waals surface area contributed by atoms with Crippen molar-refractivity contribution < 1.29 is 67.0 Å². The number of hydrogen-bond donors (Lipinski definition) is 1. The van der Waals surface area contributed by atoms with Crippen LogP contribution >= 0.6 is 0 Å². The van der Waals surface area contributed by atoms with Crippen molar-refractivity contribution >= 4 is 35.8 Å². The second kappa shape index (κ2) is 15.1. The van der Waals surface area contributed by atoms with E-state index in [0.29, 0.717) is 0 Å². The van der Waals surface area contributed by atoms with Crippen molar-refractivity contribution in [2.75, 3.05) is 6.61 Å². The fourth-order valence-corrected chi connectivity index (χ4v) is 8.97. The molecule has 2 bridgehead atoms. The lowest BCUT2D eigenvalue weighted by Crippen LogP contribution is -2.85. The molecule has 3 aromatic carbocycles. The van der Waals surface area contributed by atoms with Crippen LogP contribution in [0.3, 0.4) is 0 Å². The van der Waals surface area contributed by atoms with Crippen LogP contribution in [0.4, 0.5) is 0 Å². The maximum absolute atomic E-state index is 14.3. The maximum atomic E-state index is 14.3. The molecule has 2 aliphatic carbocycles. The molecule has 14 heteroatoms. The van der Waals surface area contributed by atoms with Crippen LogP contribution in [0.2, 0.25) is 0 Å². The molecule has 1 heterocycles. The summed E-state index contributed by atoms with van der Waals surface area (Å²) in [6.45, 7) is 7.06. The normalized spacial score (nSPS) is 31.1. The fourth-order valence-electron chi connectivity index (χ4n) is 8.97. The van der Waals surface area contributed by atoms with Gasteiger partial charge in [-0.2, -0.15) is 0 Å². The molecule has 0 radical (unpaired) electrons. The van der Waals surface area contributed by atoms with Gasteiger partial charge in [0.05, 0.1) is 33.8 Å². The Labute approximate surface area is 323 Å². The lowest BCUT2D eigenvalue weighted by atomic mass is 9.45. The Morgan fingerprint density at radius 2 is 1.05 bits per heavy atom. The first-order chi connectivity index (χ1) is 26.4. The van der Waals surface area contributed by atoms with Crippen LogP contribution < -0.4 is 0 Å². The van der Waals surface area contributed by atoms with Crippen molar-refractivity contribution in [3.8, 4) is 0 Å². The van der Waals surface area contributed by atoms with Crippen molar-refractivity contribution in [1.82, 2.24) is 0 Å². The Kier molecular flexibility index (Phi) is 10.8. The molecule has 296 valence electrons. The zero-order valence-electron chi connectivity index (χ0n) is 31.8. The summed E-state index contributed by atoms with van der Waals surface area (Å²) in [5, 5.41) is 12.9. The average Bonchev–Trinajstić information content (AvgIpc) is 3.35. The van der Waals surface area contributed by atoms with Gasteiger partial charge in [0, 0.05) is 27.2 Å². The highest BCUT2D eigenvalue weighted by Gasteiger charge is 2.89. The van der Waals surface area contributed by atoms with Crippen LogP contribution in [0.1, 0.15) is 79.0 Å². The quantitative estimate of drug-likeness (QED) is 0.226. The first-order valence-electron chi connectivity index (χ1n) is 18.1. The van der Waals surface area contributed by atoms with Crippen LogP contribution in [0.5, 0.6) is 0 Å². The van der Waals surface area contributed by atoms with Gasteiger partial charge in [0.15, 0.2) is 17.8 Å². The number of carbonyl (C=O) groups excluding carboxylic acids is 6. The third kappa shape index (κ3) is 6.92. The highest BCUT2D eigenvalue weighted by molar-refractivity contribution is 5.91. The summed E-state index contributed by atoms with van der Waals surface area (Å²) in [4.78, 5) is 81.6. The molecule has 9 atom stereocenters. The number of fused-ring (bicyclic) bond motifs is 1. The highest BCUT2D eigenvalue weighted by atomic mass is 16.7. The molecule has 2 saturated carbocycles. The van der Waals surface area contributed by atoms with Crippen LogP contribution in [-0.4, -0.2) is 94.9 Å². The minimum atomic E-state index is -2.37. The Hall–Kier alpha value is -5.60. The van der Waals surface area contributed by atoms with E-state index in [2.05, 4.69) is 0 Å². The van der Waals surface area contributed by atoms with E-state index in [0.717, 1.165) is 20.8 Å². The van der Waals surface area contributed by atoms with Gasteiger partial charge in [-0.05, 0) is 57.2 Å². The number of benzene rings is 3. The lowest BCUT2D eigenvalue weighted by molar-refractivity contribution is -0.361. The van der Waals surface area contributed by atoms with E-state index in [9.17, 15) is 33.9 Å². The summed E-state index contributed by atoms with van der Waals surface area (Å²) in [5.74, 6) is -6.49. The van der Waals surface area contributed by atoms with Gasteiger partial charge in [-0.1, -0.05) is 54.6 Å². The zero-order valence-corrected chi connectivity index (χ0v) is 31.8. The summed E-state index contributed by atoms with van der Waals surface area (Å²) in [5.41, 5.74) is -8.17. The van der Waals surface area contributed by atoms with E-state index in [1.54, 1.807) is 68.4 Å². The number of aliphatic hydroxyl groups is 1. The molecular formula is C42H44O14. The Bertz CT molecular complexity index is 1980. The summed E-state index contributed by atoms with van der Waals surface area (Å²) in [7, 11) is 0. The van der Waals surface area contributed by atoms with Gasteiger partial charge in [-0.3, -0.25) is 14.4 Å². The SMILES string of the molecule is CC(=O)OC[C@]12[C@H](OC(=O)c3ccccc3)[C@H](OC(=O)c3ccccc3)[C@@H]3[C@@H](OC(C)=O)[C@]1(OC3(C)C)[C@@](C)(O)C[C@H](OC(C)=O)[C@@H]2OC(=O)c1ccccc1. The maximum Gasteiger partial charge on any atom is 0.338 e. The van der Waals surface area contributed by atoms with Crippen molar-refractivity contribution in [2.45, 2.75) is 95.3 Å². The summed E-state index contributed by atoms with van der Waals surface area (Å²) < 4.78 is 43.9. The number of hydrogen-bond acceptors (Lipinski definition) is 14. The van der Waals surface area contributed by atoms with E-state index in [-0.39, 0.29) is 16.7 Å². The Balaban J connectivity index is 1.71. The van der Waals surface area contributed by atoms with Gasteiger partial charge in [-0.25, -0.2) is 14.4 Å². The first-order valence-corrected chi connectivity index (χ1v) is 18.1. The average molecular weight is 773 g/mol. The molecule has 56 heavy (non-hydrogen) atoms. The van der Waals surface area contributed by atoms with E-state index in [1.165, 1.54) is 43.3 Å². The minimum Gasteiger partial charge on any atom is -0.465 e. The molecule has 0 unspecified atom stereocenters. The van der Waals surface area contributed by atoms with Crippen LogP contribution in [0.25, 0.3) is 0 Å².